The van der Waals surface area contributed by atoms with Crippen LogP contribution >= 0.6 is 0 Å². The van der Waals surface area contributed by atoms with Crippen molar-refractivity contribution in [1.29, 1.82) is 0 Å². The minimum Gasteiger partial charge on any atom is -0.457 e. The third kappa shape index (κ3) is 3.00. The minimum atomic E-state index is 0.456. The van der Waals surface area contributed by atoms with Crippen molar-refractivity contribution in [2.45, 2.75) is 25.7 Å². The number of benzene rings is 2. The zero-order valence-corrected chi connectivity index (χ0v) is 16.9. The van der Waals surface area contributed by atoms with Gasteiger partial charge in [0.25, 0.3) is 0 Å². The lowest BCUT2D eigenvalue weighted by Crippen LogP contribution is -2.53. The fourth-order valence-corrected chi connectivity index (χ4v) is 4.81. The van der Waals surface area contributed by atoms with Crippen LogP contribution in [0.5, 0.6) is 11.5 Å². The van der Waals surface area contributed by atoms with E-state index in [-0.39, 0.29) is 0 Å². The Bertz CT molecular complexity index is 1180. The molecule has 0 radical (unpaired) electrons. The summed E-state index contributed by atoms with van der Waals surface area (Å²) in [6, 6.07) is 17.9. The van der Waals surface area contributed by atoms with Gasteiger partial charge in [-0.1, -0.05) is 18.2 Å². The summed E-state index contributed by atoms with van der Waals surface area (Å²) in [6.07, 6.45) is 8.78. The van der Waals surface area contributed by atoms with Crippen LogP contribution in [0.15, 0.2) is 67.0 Å². The highest BCUT2D eigenvalue weighted by Crippen LogP contribution is 2.65. The highest BCUT2D eigenvalue weighted by atomic mass is 16.5. The van der Waals surface area contributed by atoms with Gasteiger partial charge >= 0.3 is 0 Å². The van der Waals surface area contributed by atoms with Crippen molar-refractivity contribution in [3.8, 4) is 28.6 Å². The van der Waals surface area contributed by atoms with Gasteiger partial charge in [0.15, 0.2) is 5.82 Å². The van der Waals surface area contributed by atoms with Crippen LogP contribution in [0.25, 0.3) is 17.1 Å². The Hall–Kier alpha value is -3.41. The Balaban J connectivity index is 1.32. The van der Waals surface area contributed by atoms with Gasteiger partial charge in [0, 0.05) is 19.7 Å². The molecule has 0 spiro atoms. The number of hydrogen-bond acceptors (Lipinski definition) is 4. The summed E-state index contributed by atoms with van der Waals surface area (Å²) >= 11 is 0. The quantitative estimate of drug-likeness (QED) is 0.469. The summed E-state index contributed by atoms with van der Waals surface area (Å²) in [4.78, 5) is 4.92. The van der Waals surface area contributed by atoms with Gasteiger partial charge in [-0.25, -0.2) is 9.67 Å². The van der Waals surface area contributed by atoms with Gasteiger partial charge in [0.2, 0.25) is 0 Å². The summed E-state index contributed by atoms with van der Waals surface area (Å²) in [6.45, 7) is 0. The minimum absolute atomic E-state index is 0.456. The maximum Gasteiger partial charge on any atom is 0.185 e. The molecule has 6 heteroatoms. The molecule has 3 saturated carbocycles. The van der Waals surface area contributed by atoms with Crippen LogP contribution in [-0.2, 0) is 13.5 Å². The van der Waals surface area contributed by atoms with Crippen molar-refractivity contribution in [3.63, 3.8) is 0 Å². The third-order valence-electron chi connectivity index (χ3n) is 6.40. The van der Waals surface area contributed by atoms with Gasteiger partial charge in [0.1, 0.15) is 17.3 Å². The number of aryl methyl sites for hydroxylation is 1. The van der Waals surface area contributed by atoms with E-state index in [0.717, 1.165) is 46.7 Å². The van der Waals surface area contributed by atoms with Gasteiger partial charge in [-0.2, -0.15) is 5.10 Å². The molecule has 2 heterocycles. The third-order valence-corrected chi connectivity index (χ3v) is 6.40. The van der Waals surface area contributed by atoms with Crippen molar-refractivity contribution in [1.82, 2.24) is 24.5 Å². The van der Waals surface area contributed by atoms with Gasteiger partial charge in [-0.05, 0) is 67.0 Å². The van der Waals surface area contributed by atoms with E-state index in [2.05, 4.69) is 5.10 Å². The summed E-state index contributed by atoms with van der Waals surface area (Å²) in [7, 11) is 1.91. The first kappa shape index (κ1) is 17.4. The predicted octanol–water partition coefficient (Wildman–Crippen LogP) is 4.80. The first-order valence-electron chi connectivity index (χ1n) is 10.4. The van der Waals surface area contributed by atoms with Crippen molar-refractivity contribution < 1.29 is 4.74 Å². The van der Waals surface area contributed by atoms with E-state index in [4.69, 9.17) is 14.8 Å². The molecule has 2 bridgehead atoms. The molecule has 3 aliphatic rings. The van der Waals surface area contributed by atoms with E-state index in [1.807, 2.05) is 78.7 Å². The monoisotopic (exact) mass is 397 g/mol. The first-order valence-corrected chi connectivity index (χ1v) is 10.4. The summed E-state index contributed by atoms with van der Waals surface area (Å²) in [5.74, 6) is 4.35. The van der Waals surface area contributed by atoms with Crippen LogP contribution in [0.3, 0.4) is 0 Å². The average Bonchev–Trinajstić information content (AvgIpc) is 3.31. The topological polar surface area (TPSA) is 57.8 Å². The van der Waals surface area contributed by atoms with E-state index in [9.17, 15) is 0 Å². The van der Waals surface area contributed by atoms with Crippen molar-refractivity contribution in [3.05, 3.63) is 72.8 Å². The molecular formula is C24H23N5O. The summed E-state index contributed by atoms with van der Waals surface area (Å²) < 4.78 is 9.71. The van der Waals surface area contributed by atoms with Crippen molar-refractivity contribution in [2.24, 2.45) is 18.4 Å². The number of para-hydroxylation sites is 1. The SMILES string of the molecule is Cn1cc(-c2nc(CC34CC(C3)C4)n(-c3ccc(Oc4ccccc4)cc3)n2)cn1. The largest absolute Gasteiger partial charge is 0.457 e. The van der Waals surface area contributed by atoms with Gasteiger partial charge in [-0.3, -0.25) is 4.68 Å². The standard InChI is InChI=1S/C24H23N5O/c1-28-16-18(15-25-28)23-26-22(14-24-11-17(12-24)13-24)29(27-23)19-7-9-21(10-8-19)30-20-5-3-2-4-6-20/h2-10,15-17H,11-14H2,1H3. The van der Waals surface area contributed by atoms with Gasteiger partial charge < -0.3 is 4.74 Å². The molecule has 0 aliphatic heterocycles. The second kappa shape index (κ2) is 6.55. The van der Waals surface area contributed by atoms with Crippen LogP contribution in [0, 0.1) is 11.3 Å². The Morgan fingerprint density at radius 3 is 2.37 bits per heavy atom. The first-order chi connectivity index (χ1) is 14.7. The molecule has 3 aliphatic carbocycles. The van der Waals surface area contributed by atoms with Crippen molar-refractivity contribution >= 4 is 0 Å². The smallest absolute Gasteiger partial charge is 0.185 e. The molecule has 0 unspecified atom stereocenters. The lowest BCUT2D eigenvalue weighted by Gasteiger charge is -2.62. The van der Waals surface area contributed by atoms with E-state index in [1.165, 1.54) is 19.3 Å². The molecule has 2 aromatic heterocycles. The lowest BCUT2D eigenvalue weighted by atomic mass is 9.43. The highest BCUT2D eigenvalue weighted by Gasteiger charge is 2.56. The average molecular weight is 397 g/mol. The Morgan fingerprint density at radius 1 is 1.00 bits per heavy atom. The Morgan fingerprint density at radius 2 is 1.73 bits per heavy atom. The molecule has 7 rings (SSSR count). The molecule has 150 valence electrons. The Labute approximate surface area is 175 Å². The van der Waals surface area contributed by atoms with Crippen LogP contribution in [0.2, 0.25) is 0 Å². The molecule has 30 heavy (non-hydrogen) atoms. The van der Waals surface area contributed by atoms with E-state index < -0.39 is 0 Å². The number of rotatable bonds is 6. The molecule has 0 saturated heterocycles. The maximum absolute atomic E-state index is 5.93. The van der Waals surface area contributed by atoms with Crippen LogP contribution in [-0.4, -0.2) is 24.5 Å². The lowest BCUT2D eigenvalue weighted by molar-refractivity contribution is -0.106. The van der Waals surface area contributed by atoms with Crippen molar-refractivity contribution in [2.75, 3.05) is 0 Å². The second-order valence-corrected chi connectivity index (χ2v) is 8.73. The zero-order valence-electron chi connectivity index (χ0n) is 16.9. The molecule has 0 amide bonds. The fraction of sp³-hybridized carbons (Fsp3) is 0.292. The zero-order chi connectivity index (χ0) is 20.1. The number of aromatic nitrogens is 5. The molecule has 0 atom stereocenters. The molecule has 2 aromatic carbocycles. The molecule has 0 N–H and O–H groups in total. The van der Waals surface area contributed by atoms with E-state index >= 15 is 0 Å². The van der Waals surface area contributed by atoms with E-state index in [0.29, 0.717) is 5.41 Å². The maximum atomic E-state index is 5.93. The highest BCUT2D eigenvalue weighted by molar-refractivity contribution is 5.53. The summed E-state index contributed by atoms with van der Waals surface area (Å²) in [5.41, 5.74) is 2.40. The molecule has 6 nitrogen and oxygen atoms in total. The Kier molecular flexibility index (Phi) is 3.81. The number of nitrogens with zero attached hydrogens (tertiary/aromatic N) is 5. The van der Waals surface area contributed by atoms with Crippen LogP contribution < -0.4 is 4.74 Å². The van der Waals surface area contributed by atoms with E-state index in [1.54, 1.807) is 4.68 Å². The molecule has 3 fully saturated rings. The van der Waals surface area contributed by atoms with Gasteiger partial charge in [-0.15, -0.1) is 5.10 Å². The predicted molar refractivity (Wildman–Crippen MR) is 114 cm³/mol. The second-order valence-electron chi connectivity index (χ2n) is 8.73. The fourth-order valence-electron chi connectivity index (χ4n) is 4.81. The normalized spacial score (nSPS) is 21.7. The van der Waals surface area contributed by atoms with Gasteiger partial charge in [0.05, 0.1) is 17.4 Å². The summed E-state index contributed by atoms with van der Waals surface area (Å²) in [5, 5.41) is 9.13. The van der Waals surface area contributed by atoms with Crippen LogP contribution in [0.4, 0.5) is 0 Å². The molecule has 4 aromatic rings. The number of ether oxygens (including phenoxy) is 1. The molecular weight excluding hydrogens is 374 g/mol. The number of hydrogen-bond donors (Lipinski definition) is 0. The van der Waals surface area contributed by atoms with Crippen LogP contribution in [0.1, 0.15) is 25.1 Å².